The standard InChI is InChI=1S/C2H4Br2.C2H5Br/c1-2(3)4;1-2-3/h2H,1H3;2H2,1H3. The molecule has 0 radical (unpaired) electrons. The van der Waals surface area contributed by atoms with Crippen molar-refractivity contribution in [2.24, 2.45) is 0 Å². The van der Waals surface area contributed by atoms with Gasteiger partial charge >= 0.3 is 0 Å². The Morgan fingerprint density at radius 3 is 1.43 bits per heavy atom. The Labute approximate surface area is 70.4 Å². The Kier molecular flexibility index (Phi) is 16.8. The molecule has 0 unspecified atom stereocenters. The van der Waals surface area contributed by atoms with E-state index in [1.165, 1.54) is 0 Å². The molecule has 0 bridgehead atoms. The van der Waals surface area contributed by atoms with Crippen LogP contribution in [0.2, 0.25) is 0 Å². The SMILES string of the molecule is CC(Br)Br.CCBr. The molecule has 46 valence electrons. The maximum Gasteiger partial charge on any atom is 0.0669 e. The number of rotatable bonds is 0. The van der Waals surface area contributed by atoms with Crippen molar-refractivity contribution in [3.8, 4) is 0 Å². The van der Waals surface area contributed by atoms with Crippen LogP contribution in [0.25, 0.3) is 0 Å². The normalized spacial score (nSPS) is 7.71. The molecule has 0 rings (SSSR count). The lowest BCUT2D eigenvalue weighted by Gasteiger charge is -1.73. The van der Waals surface area contributed by atoms with Gasteiger partial charge in [-0.2, -0.15) is 0 Å². The maximum atomic E-state index is 3.19. The van der Waals surface area contributed by atoms with Crippen molar-refractivity contribution in [3.05, 3.63) is 0 Å². The quantitative estimate of drug-likeness (QED) is 0.600. The Morgan fingerprint density at radius 2 is 1.43 bits per heavy atom. The van der Waals surface area contributed by atoms with E-state index in [1.807, 2.05) is 13.8 Å². The molecule has 0 fully saturated rings. The summed E-state index contributed by atoms with van der Waals surface area (Å²) in [6, 6.07) is 0. The molecule has 0 aromatic carbocycles. The molecule has 0 aliphatic heterocycles. The van der Waals surface area contributed by atoms with E-state index >= 15 is 0 Å². The Morgan fingerprint density at radius 1 is 1.43 bits per heavy atom. The van der Waals surface area contributed by atoms with Crippen molar-refractivity contribution in [1.29, 1.82) is 0 Å². The minimum absolute atomic E-state index is 0.458. The van der Waals surface area contributed by atoms with Gasteiger partial charge in [-0.3, -0.25) is 0 Å². The monoisotopic (exact) mass is 294 g/mol. The van der Waals surface area contributed by atoms with Crippen molar-refractivity contribution < 1.29 is 0 Å². The summed E-state index contributed by atoms with van der Waals surface area (Å²) in [5.41, 5.74) is 0. The van der Waals surface area contributed by atoms with E-state index in [0.29, 0.717) is 3.74 Å². The van der Waals surface area contributed by atoms with Gasteiger partial charge in [0.1, 0.15) is 0 Å². The third-order valence-electron chi connectivity index (χ3n) is 0. The van der Waals surface area contributed by atoms with Gasteiger partial charge < -0.3 is 0 Å². The first kappa shape index (κ1) is 11.3. The van der Waals surface area contributed by atoms with Crippen molar-refractivity contribution in [3.63, 3.8) is 0 Å². The van der Waals surface area contributed by atoms with E-state index in [0.717, 1.165) is 5.33 Å². The second-order valence-corrected chi connectivity index (χ2v) is 5.88. The first-order valence-corrected chi connectivity index (χ1v) is 4.94. The van der Waals surface area contributed by atoms with Crippen LogP contribution in [0.3, 0.4) is 0 Å². The molecule has 0 saturated carbocycles. The van der Waals surface area contributed by atoms with E-state index in [-0.39, 0.29) is 0 Å². The predicted molar refractivity (Wildman–Crippen MR) is 46.8 cm³/mol. The van der Waals surface area contributed by atoms with Crippen LogP contribution in [-0.2, 0) is 0 Å². The molecule has 3 heteroatoms. The highest BCUT2D eigenvalue weighted by atomic mass is 79.9. The highest BCUT2D eigenvalue weighted by Gasteiger charge is 1.74. The predicted octanol–water partition coefficient (Wildman–Crippen LogP) is 3.52. The first-order chi connectivity index (χ1) is 3.15. The third-order valence-corrected chi connectivity index (χ3v) is 0. The van der Waals surface area contributed by atoms with Gasteiger partial charge in [0, 0.05) is 5.33 Å². The van der Waals surface area contributed by atoms with E-state index in [1.54, 1.807) is 0 Å². The largest absolute Gasteiger partial charge is 0.0931 e. The molecule has 0 N–H and O–H groups in total. The summed E-state index contributed by atoms with van der Waals surface area (Å²) in [6.07, 6.45) is 0. The Balaban J connectivity index is 0. The summed E-state index contributed by atoms with van der Waals surface area (Å²) in [6.45, 7) is 4.04. The van der Waals surface area contributed by atoms with E-state index < -0.39 is 0 Å². The Bertz CT molecular complexity index is 18.1. The fraction of sp³-hybridized carbons (Fsp3) is 1.00. The van der Waals surface area contributed by atoms with Crippen LogP contribution >= 0.6 is 47.8 Å². The van der Waals surface area contributed by atoms with Gasteiger partial charge in [-0.25, -0.2) is 0 Å². The lowest BCUT2D eigenvalue weighted by molar-refractivity contribution is 1.48. The van der Waals surface area contributed by atoms with Gasteiger partial charge in [-0.05, 0) is 6.92 Å². The summed E-state index contributed by atoms with van der Waals surface area (Å²) in [4.78, 5) is 0. The van der Waals surface area contributed by atoms with Crippen LogP contribution in [0.5, 0.6) is 0 Å². The summed E-state index contributed by atoms with van der Waals surface area (Å²) in [7, 11) is 0. The average molecular weight is 297 g/mol. The molecule has 0 atom stereocenters. The lowest BCUT2D eigenvalue weighted by Crippen LogP contribution is -1.60. The van der Waals surface area contributed by atoms with Crippen LogP contribution < -0.4 is 0 Å². The molecule has 0 spiro atoms. The zero-order chi connectivity index (χ0) is 6.28. The van der Waals surface area contributed by atoms with Gasteiger partial charge in [0.15, 0.2) is 0 Å². The molecule has 0 aromatic rings. The molecule has 0 amide bonds. The van der Waals surface area contributed by atoms with Gasteiger partial charge in [0.05, 0.1) is 3.74 Å². The fourth-order valence-electron chi connectivity index (χ4n) is 0. The second kappa shape index (κ2) is 10.4. The highest BCUT2D eigenvalue weighted by molar-refractivity contribution is 9.24. The molecule has 0 nitrogen and oxygen atoms in total. The van der Waals surface area contributed by atoms with Crippen LogP contribution in [0, 0.1) is 0 Å². The van der Waals surface area contributed by atoms with Crippen molar-refractivity contribution >= 4 is 47.8 Å². The van der Waals surface area contributed by atoms with Gasteiger partial charge in [-0.15, -0.1) is 0 Å². The molecule has 7 heavy (non-hydrogen) atoms. The molecular weight excluding hydrogens is 288 g/mol. The molecular formula is C4H9Br3. The number of hydrogen-bond donors (Lipinski definition) is 0. The van der Waals surface area contributed by atoms with E-state index in [4.69, 9.17) is 0 Å². The van der Waals surface area contributed by atoms with Gasteiger partial charge in [0.2, 0.25) is 0 Å². The second-order valence-electron chi connectivity index (χ2n) is 0.786. The van der Waals surface area contributed by atoms with Crippen LogP contribution in [-0.4, -0.2) is 9.07 Å². The Hall–Kier alpha value is 1.44. The number of hydrogen-bond acceptors (Lipinski definition) is 0. The van der Waals surface area contributed by atoms with E-state index in [2.05, 4.69) is 47.8 Å². The fourth-order valence-corrected chi connectivity index (χ4v) is 0. The van der Waals surface area contributed by atoms with Crippen LogP contribution in [0.15, 0.2) is 0 Å². The van der Waals surface area contributed by atoms with Gasteiger partial charge in [0.25, 0.3) is 0 Å². The topological polar surface area (TPSA) is 0 Å². The minimum Gasteiger partial charge on any atom is -0.0931 e. The summed E-state index contributed by atoms with van der Waals surface area (Å²) >= 11 is 9.52. The highest BCUT2D eigenvalue weighted by Crippen LogP contribution is 2.03. The maximum absolute atomic E-state index is 3.19. The lowest BCUT2D eigenvalue weighted by atomic mass is 11.0. The van der Waals surface area contributed by atoms with Crippen molar-refractivity contribution in [2.75, 3.05) is 5.33 Å². The van der Waals surface area contributed by atoms with Crippen LogP contribution in [0.1, 0.15) is 13.8 Å². The summed E-state index contributed by atoms with van der Waals surface area (Å²) in [5, 5.41) is 1.06. The molecule has 0 saturated heterocycles. The van der Waals surface area contributed by atoms with Crippen LogP contribution in [0.4, 0.5) is 0 Å². The first-order valence-electron chi connectivity index (χ1n) is 1.99. The summed E-state index contributed by atoms with van der Waals surface area (Å²) < 4.78 is 0.458. The van der Waals surface area contributed by atoms with E-state index in [9.17, 15) is 0 Å². The van der Waals surface area contributed by atoms with Gasteiger partial charge in [-0.1, -0.05) is 54.7 Å². The molecule has 0 heterocycles. The van der Waals surface area contributed by atoms with Crippen molar-refractivity contribution in [1.82, 2.24) is 0 Å². The summed E-state index contributed by atoms with van der Waals surface area (Å²) in [5.74, 6) is 0. The average Bonchev–Trinajstić information content (AvgIpc) is 1.33. The molecule has 0 aliphatic rings. The minimum atomic E-state index is 0.458. The molecule has 0 aromatic heterocycles. The number of alkyl halides is 3. The van der Waals surface area contributed by atoms with Crippen molar-refractivity contribution in [2.45, 2.75) is 17.6 Å². The number of halogens is 3. The third kappa shape index (κ3) is 106. The smallest absolute Gasteiger partial charge is 0.0669 e. The molecule has 0 aliphatic carbocycles. The zero-order valence-corrected chi connectivity index (χ0v) is 9.18. The zero-order valence-electron chi connectivity index (χ0n) is 4.42.